The number of halogens is 2. The number of para-hydroxylation sites is 1. The number of nitrogens with zero attached hydrogens (tertiary/aromatic N) is 4. The molecule has 45 heavy (non-hydrogen) atoms. The molecule has 0 radical (unpaired) electrons. The lowest BCUT2D eigenvalue weighted by Gasteiger charge is -2.38. The van der Waals surface area contributed by atoms with Crippen molar-refractivity contribution >= 4 is 46.7 Å². The molecule has 0 atom stereocenters. The molecule has 0 spiro atoms. The van der Waals surface area contributed by atoms with Crippen molar-refractivity contribution in [3.05, 3.63) is 94.2 Å². The van der Waals surface area contributed by atoms with Gasteiger partial charge in [0.2, 0.25) is 5.91 Å². The number of ether oxygens (including phenoxy) is 1. The smallest absolute Gasteiger partial charge is 0.271 e. The van der Waals surface area contributed by atoms with Gasteiger partial charge in [-0.1, -0.05) is 47.5 Å². The Morgan fingerprint density at radius 1 is 0.978 bits per heavy atom. The number of hydrogen-bond donors (Lipinski definition) is 3. The van der Waals surface area contributed by atoms with Crippen LogP contribution in [0.2, 0.25) is 10.0 Å². The van der Waals surface area contributed by atoms with Gasteiger partial charge < -0.3 is 25.4 Å². The van der Waals surface area contributed by atoms with E-state index in [1.165, 1.54) is 16.8 Å². The van der Waals surface area contributed by atoms with E-state index >= 15 is 0 Å². The maximum atomic E-state index is 13.5. The molecule has 0 saturated carbocycles. The second-order valence-corrected chi connectivity index (χ2v) is 11.5. The Labute approximate surface area is 270 Å². The molecule has 5 rings (SSSR count). The average molecular weight is 652 g/mol. The van der Waals surface area contributed by atoms with E-state index in [4.69, 9.17) is 27.9 Å². The second-order valence-electron chi connectivity index (χ2n) is 10.7. The van der Waals surface area contributed by atoms with Crippen LogP contribution in [0.1, 0.15) is 40.1 Å². The zero-order valence-electron chi connectivity index (χ0n) is 24.5. The summed E-state index contributed by atoms with van der Waals surface area (Å²) >= 11 is 12.9. The van der Waals surface area contributed by atoms with Gasteiger partial charge in [0.1, 0.15) is 5.82 Å². The molecule has 1 aliphatic heterocycles. The van der Waals surface area contributed by atoms with Gasteiger partial charge in [-0.25, -0.2) is 4.68 Å². The number of amides is 3. The van der Waals surface area contributed by atoms with Crippen molar-refractivity contribution in [2.75, 3.05) is 38.7 Å². The zero-order valence-corrected chi connectivity index (χ0v) is 26.0. The number of carbonyl (C=O) groups excluding carboxylic acids is 3. The van der Waals surface area contributed by atoms with Crippen molar-refractivity contribution in [1.29, 1.82) is 0 Å². The van der Waals surface area contributed by atoms with Crippen LogP contribution in [0.25, 0.3) is 16.9 Å². The molecule has 0 unspecified atom stereocenters. The number of pyridine rings is 1. The molecule has 11 nitrogen and oxygen atoms in total. The SMILES string of the molecule is COCCC(=O)N1CCC(O)(CNC(=O)c2cc(NC(=O)c3cc(-c4ccccn4)c(Cl)cc3Cl)n(-c3ccccc3)n2)CC1. The number of rotatable bonds is 10. The van der Waals surface area contributed by atoms with Gasteiger partial charge in [0.05, 0.1) is 45.6 Å². The summed E-state index contributed by atoms with van der Waals surface area (Å²) in [6, 6.07) is 18.9. The van der Waals surface area contributed by atoms with Gasteiger partial charge in [-0.2, -0.15) is 5.10 Å². The molecule has 0 bridgehead atoms. The van der Waals surface area contributed by atoms with Crippen LogP contribution in [0.3, 0.4) is 0 Å². The van der Waals surface area contributed by atoms with E-state index in [1.54, 1.807) is 60.7 Å². The molecule has 1 saturated heterocycles. The van der Waals surface area contributed by atoms with E-state index in [-0.39, 0.29) is 41.0 Å². The molecule has 3 N–H and O–H groups in total. The topological polar surface area (TPSA) is 139 Å². The summed E-state index contributed by atoms with van der Waals surface area (Å²) in [6.45, 7) is 1.07. The number of aromatic nitrogens is 3. The largest absolute Gasteiger partial charge is 0.388 e. The van der Waals surface area contributed by atoms with Crippen LogP contribution in [0.4, 0.5) is 5.82 Å². The van der Waals surface area contributed by atoms with Crippen LogP contribution in [0.15, 0.2) is 72.9 Å². The third kappa shape index (κ3) is 7.69. The van der Waals surface area contributed by atoms with Gasteiger partial charge in [-0.05, 0) is 49.2 Å². The van der Waals surface area contributed by atoms with Gasteiger partial charge in [-0.15, -0.1) is 0 Å². The number of hydrogen-bond acceptors (Lipinski definition) is 7. The summed E-state index contributed by atoms with van der Waals surface area (Å²) in [6.07, 6.45) is 2.53. The number of aliphatic hydroxyl groups is 1. The van der Waals surface area contributed by atoms with Gasteiger partial charge in [-0.3, -0.25) is 19.4 Å². The first kappa shape index (κ1) is 32.1. The molecule has 0 aliphatic carbocycles. The molecule has 4 aromatic rings. The molecule has 3 heterocycles. The molecular weight excluding hydrogens is 619 g/mol. The minimum absolute atomic E-state index is 0.0253. The summed E-state index contributed by atoms with van der Waals surface area (Å²) in [7, 11) is 1.54. The van der Waals surface area contributed by atoms with E-state index in [0.29, 0.717) is 54.5 Å². The van der Waals surface area contributed by atoms with Crippen molar-refractivity contribution < 1.29 is 24.2 Å². The lowest BCUT2D eigenvalue weighted by atomic mass is 9.91. The van der Waals surface area contributed by atoms with Crippen molar-refractivity contribution in [3.8, 4) is 16.9 Å². The molecule has 234 valence electrons. The fraction of sp³-hybridized carbons (Fsp3) is 0.281. The van der Waals surface area contributed by atoms with Gasteiger partial charge in [0.15, 0.2) is 5.69 Å². The Balaban J connectivity index is 1.33. The fourth-order valence-corrected chi connectivity index (χ4v) is 5.57. The zero-order chi connectivity index (χ0) is 32.0. The maximum absolute atomic E-state index is 13.5. The fourth-order valence-electron chi connectivity index (χ4n) is 5.00. The Morgan fingerprint density at radius 3 is 2.40 bits per heavy atom. The molecule has 13 heteroatoms. The summed E-state index contributed by atoms with van der Waals surface area (Å²) in [4.78, 5) is 45.1. The van der Waals surface area contributed by atoms with Crippen molar-refractivity contribution in [2.45, 2.75) is 24.9 Å². The number of methoxy groups -OCH3 is 1. The van der Waals surface area contributed by atoms with Crippen molar-refractivity contribution in [3.63, 3.8) is 0 Å². The highest BCUT2D eigenvalue weighted by atomic mass is 35.5. The Bertz CT molecular complexity index is 1670. The van der Waals surface area contributed by atoms with Crippen molar-refractivity contribution in [2.24, 2.45) is 0 Å². The Morgan fingerprint density at radius 2 is 1.71 bits per heavy atom. The molecular formula is C32H32Cl2N6O5. The average Bonchev–Trinajstić information content (AvgIpc) is 3.47. The number of likely N-dealkylation sites (tertiary alicyclic amines) is 1. The Kier molecular flexibility index (Phi) is 10.1. The highest BCUT2D eigenvalue weighted by molar-refractivity contribution is 6.38. The van der Waals surface area contributed by atoms with E-state index in [2.05, 4.69) is 20.7 Å². The molecule has 2 aromatic carbocycles. The molecule has 1 aliphatic rings. The molecule has 3 amide bonds. The normalized spacial score (nSPS) is 14.2. The lowest BCUT2D eigenvalue weighted by molar-refractivity contribution is -0.136. The van der Waals surface area contributed by atoms with Gasteiger partial charge in [0, 0.05) is 44.6 Å². The highest BCUT2D eigenvalue weighted by Gasteiger charge is 2.34. The van der Waals surface area contributed by atoms with Crippen LogP contribution in [0.5, 0.6) is 0 Å². The number of anilines is 1. The van der Waals surface area contributed by atoms with Crippen LogP contribution in [-0.4, -0.2) is 81.4 Å². The number of carbonyl (C=O) groups is 3. The van der Waals surface area contributed by atoms with Gasteiger partial charge in [0.25, 0.3) is 11.8 Å². The predicted molar refractivity (Wildman–Crippen MR) is 171 cm³/mol. The van der Waals surface area contributed by atoms with E-state index < -0.39 is 17.4 Å². The summed E-state index contributed by atoms with van der Waals surface area (Å²) in [5.74, 6) is -0.881. The monoisotopic (exact) mass is 650 g/mol. The maximum Gasteiger partial charge on any atom is 0.271 e. The first-order chi connectivity index (χ1) is 21.7. The van der Waals surface area contributed by atoms with Crippen LogP contribution >= 0.6 is 23.2 Å². The third-order valence-electron chi connectivity index (χ3n) is 7.57. The summed E-state index contributed by atoms with van der Waals surface area (Å²) < 4.78 is 6.42. The first-order valence-electron chi connectivity index (χ1n) is 14.3. The minimum atomic E-state index is -1.18. The summed E-state index contributed by atoms with van der Waals surface area (Å²) in [5, 5.41) is 21.6. The van der Waals surface area contributed by atoms with Crippen LogP contribution in [-0.2, 0) is 9.53 Å². The second kappa shape index (κ2) is 14.2. The quantitative estimate of drug-likeness (QED) is 0.228. The number of nitrogens with one attached hydrogen (secondary N) is 2. The number of benzene rings is 2. The first-order valence-corrected chi connectivity index (χ1v) is 15.1. The van der Waals surface area contributed by atoms with Gasteiger partial charge >= 0.3 is 0 Å². The third-order valence-corrected chi connectivity index (χ3v) is 8.20. The van der Waals surface area contributed by atoms with E-state index in [1.807, 2.05) is 12.1 Å². The predicted octanol–water partition coefficient (Wildman–Crippen LogP) is 4.61. The van der Waals surface area contributed by atoms with E-state index in [9.17, 15) is 19.5 Å². The van der Waals surface area contributed by atoms with Crippen LogP contribution < -0.4 is 10.6 Å². The number of piperidine rings is 1. The minimum Gasteiger partial charge on any atom is -0.388 e. The van der Waals surface area contributed by atoms with E-state index in [0.717, 1.165) is 0 Å². The Hall–Kier alpha value is -4.29. The van der Waals surface area contributed by atoms with Crippen LogP contribution in [0, 0.1) is 0 Å². The summed E-state index contributed by atoms with van der Waals surface area (Å²) in [5.41, 5.74) is 0.721. The highest BCUT2D eigenvalue weighted by Crippen LogP contribution is 2.32. The standard InChI is InChI=1S/C32H32Cl2N6O5/c1-45-16-10-29(41)39-14-11-32(44,12-15-39)20-36-31(43)27-19-28(40(38-27)21-7-3-2-4-8-21)37-30(42)23-17-22(24(33)18-25(23)34)26-9-5-6-13-35-26/h2-9,13,17-19,44H,10-12,14-16,20H2,1H3,(H,36,43)(H,37,42). The molecule has 1 fully saturated rings. The molecule has 2 aromatic heterocycles. The lowest BCUT2D eigenvalue weighted by Crippen LogP contribution is -2.52. The van der Waals surface area contributed by atoms with Crippen molar-refractivity contribution in [1.82, 2.24) is 25.0 Å².